The highest BCUT2D eigenvalue weighted by Crippen LogP contribution is 2.37. The molecule has 0 spiro atoms. The van der Waals surface area contributed by atoms with E-state index in [9.17, 15) is 0 Å². The molecule has 4 nitrogen and oxygen atoms in total. The van der Waals surface area contributed by atoms with Crippen LogP contribution in [0.4, 0.5) is 0 Å². The normalized spacial score (nSPS) is 23.5. The topological polar surface area (TPSA) is 43.5 Å². The van der Waals surface area contributed by atoms with Gasteiger partial charge in [0.1, 0.15) is 17.5 Å². The molecule has 0 saturated carbocycles. The summed E-state index contributed by atoms with van der Waals surface area (Å²) in [7, 11) is 0. The van der Waals surface area contributed by atoms with Crippen molar-refractivity contribution in [3.8, 4) is 5.75 Å². The summed E-state index contributed by atoms with van der Waals surface area (Å²) in [5, 5.41) is 0. The van der Waals surface area contributed by atoms with E-state index in [0.29, 0.717) is 12.7 Å². The van der Waals surface area contributed by atoms with E-state index in [2.05, 4.69) is 90.1 Å². The van der Waals surface area contributed by atoms with Crippen molar-refractivity contribution in [2.24, 2.45) is 0 Å². The molecule has 4 unspecified atom stereocenters. The molecule has 0 aromatic heterocycles. The van der Waals surface area contributed by atoms with E-state index < -0.39 is 0 Å². The van der Waals surface area contributed by atoms with Gasteiger partial charge in [0.05, 0.1) is 31.5 Å². The molecule has 4 heteroatoms. The van der Waals surface area contributed by atoms with Gasteiger partial charge in [0.25, 0.3) is 0 Å². The van der Waals surface area contributed by atoms with Gasteiger partial charge in [-0.05, 0) is 55.5 Å². The van der Waals surface area contributed by atoms with Crippen molar-refractivity contribution in [3.63, 3.8) is 0 Å². The molecule has 0 amide bonds. The summed E-state index contributed by atoms with van der Waals surface area (Å²) in [6.07, 6.45) is 3.46. The molecule has 2 saturated heterocycles. The summed E-state index contributed by atoms with van der Waals surface area (Å²) in [5.41, 5.74) is 3.18. The molecule has 2 aromatic rings. The molecule has 0 radical (unpaired) electrons. The molecule has 0 aliphatic carbocycles. The molecule has 2 fully saturated rings. The van der Waals surface area contributed by atoms with Crippen molar-refractivity contribution in [2.45, 2.75) is 89.6 Å². The Kier molecular flexibility index (Phi) is 6.91. The fourth-order valence-corrected chi connectivity index (χ4v) is 4.39. The van der Waals surface area contributed by atoms with Gasteiger partial charge < -0.3 is 18.9 Å². The minimum absolute atomic E-state index is 0.113. The molecular formula is C29H40O4. The second-order valence-corrected chi connectivity index (χ2v) is 10.6. The first-order chi connectivity index (χ1) is 15.7. The fourth-order valence-electron chi connectivity index (χ4n) is 4.39. The Balaban J connectivity index is 1.45. The molecule has 33 heavy (non-hydrogen) atoms. The minimum Gasteiger partial charge on any atom is -0.487 e. The average Bonchev–Trinajstić information content (AvgIpc) is 3.74. The quantitative estimate of drug-likeness (QED) is 0.350. The van der Waals surface area contributed by atoms with E-state index in [1.54, 1.807) is 0 Å². The monoisotopic (exact) mass is 452 g/mol. The Morgan fingerprint density at radius 1 is 0.758 bits per heavy atom. The van der Waals surface area contributed by atoms with Crippen molar-refractivity contribution in [2.75, 3.05) is 19.8 Å². The number of hydrogen-bond acceptors (Lipinski definition) is 4. The molecule has 2 heterocycles. The lowest BCUT2D eigenvalue weighted by atomic mass is 9.77. The van der Waals surface area contributed by atoms with Crippen LogP contribution in [0.3, 0.4) is 0 Å². The van der Waals surface area contributed by atoms with E-state index in [1.165, 1.54) is 16.7 Å². The molecule has 0 bridgehead atoms. The first kappa shape index (κ1) is 24.3. The van der Waals surface area contributed by atoms with Gasteiger partial charge in [0.2, 0.25) is 0 Å². The van der Waals surface area contributed by atoms with Crippen molar-refractivity contribution in [3.05, 3.63) is 65.2 Å². The predicted molar refractivity (Wildman–Crippen MR) is 132 cm³/mol. The summed E-state index contributed by atoms with van der Waals surface area (Å²) in [6, 6.07) is 17.5. The van der Waals surface area contributed by atoms with E-state index in [-0.39, 0.29) is 22.7 Å². The smallest absolute Gasteiger partial charge is 0.120 e. The van der Waals surface area contributed by atoms with Crippen LogP contribution in [0.15, 0.2) is 48.5 Å². The number of hydrogen-bond donors (Lipinski definition) is 0. The minimum atomic E-state index is -0.287. The Labute approximate surface area is 199 Å². The lowest BCUT2D eigenvalue weighted by Gasteiger charge is -2.32. The van der Waals surface area contributed by atoms with Crippen LogP contribution in [-0.4, -0.2) is 37.6 Å². The van der Waals surface area contributed by atoms with Crippen LogP contribution in [0.25, 0.3) is 0 Å². The Morgan fingerprint density at radius 2 is 1.27 bits per heavy atom. The second-order valence-electron chi connectivity index (χ2n) is 10.6. The van der Waals surface area contributed by atoms with Crippen molar-refractivity contribution < 1.29 is 18.9 Å². The zero-order chi connectivity index (χ0) is 23.7. The largest absolute Gasteiger partial charge is 0.487 e. The van der Waals surface area contributed by atoms with Gasteiger partial charge in [0.15, 0.2) is 0 Å². The first-order valence-corrected chi connectivity index (χ1v) is 12.5. The number of epoxide rings is 2. The lowest BCUT2D eigenvalue weighted by Crippen LogP contribution is -2.33. The van der Waals surface area contributed by atoms with E-state index in [4.69, 9.17) is 18.9 Å². The molecule has 180 valence electrons. The summed E-state index contributed by atoms with van der Waals surface area (Å²) in [4.78, 5) is 0. The molecule has 2 aliphatic rings. The maximum atomic E-state index is 6.38. The predicted octanol–water partition coefficient (Wildman–Crippen LogP) is 6.39. The van der Waals surface area contributed by atoms with Gasteiger partial charge in [-0.15, -0.1) is 0 Å². The van der Waals surface area contributed by atoms with E-state index >= 15 is 0 Å². The first-order valence-electron chi connectivity index (χ1n) is 12.5. The Bertz CT molecular complexity index is 912. The Morgan fingerprint density at radius 3 is 1.76 bits per heavy atom. The summed E-state index contributed by atoms with van der Waals surface area (Å²) in [5.74, 6) is 0.922. The highest BCUT2D eigenvalue weighted by atomic mass is 16.6. The molecular weight excluding hydrogens is 412 g/mol. The Hall–Kier alpha value is -1.88. The summed E-state index contributed by atoms with van der Waals surface area (Å²) >= 11 is 0. The lowest BCUT2D eigenvalue weighted by molar-refractivity contribution is -0.0454. The van der Waals surface area contributed by atoms with Crippen LogP contribution < -0.4 is 4.74 Å². The number of benzene rings is 2. The summed E-state index contributed by atoms with van der Waals surface area (Å²) in [6.45, 7) is 15.6. The van der Waals surface area contributed by atoms with Gasteiger partial charge in [0, 0.05) is 11.8 Å². The van der Waals surface area contributed by atoms with Crippen LogP contribution in [0, 0.1) is 0 Å². The van der Waals surface area contributed by atoms with Crippen LogP contribution in [0.5, 0.6) is 5.75 Å². The highest BCUT2D eigenvalue weighted by Gasteiger charge is 2.35. The number of ether oxygens (including phenoxy) is 4. The molecule has 4 atom stereocenters. The zero-order valence-electron chi connectivity index (χ0n) is 21.1. The SMILES string of the molecule is CCC(C)(CC1CO1)Oc1ccc(C(C)(C)c2ccc(C(C)(CC)OCC3CO3)cc2)cc1. The van der Waals surface area contributed by atoms with Gasteiger partial charge in [-0.2, -0.15) is 0 Å². The average molecular weight is 453 g/mol. The van der Waals surface area contributed by atoms with Gasteiger partial charge in [-0.25, -0.2) is 0 Å². The molecule has 4 rings (SSSR count). The van der Waals surface area contributed by atoms with Gasteiger partial charge >= 0.3 is 0 Å². The zero-order valence-corrected chi connectivity index (χ0v) is 21.1. The molecule has 2 aromatic carbocycles. The van der Waals surface area contributed by atoms with Crippen molar-refractivity contribution in [1.29, 1.82) is 0 Å². The second kappa shape index (κ2) is 9.40. The highest BCUT2D eigenvalue weighted by molar-refractivity contribution is 5.41. The molecule has 0 N–H and O–H groups in total. The van der Waals surface area contributed by atoms with Gasteiger partial charge in [-0.1, -0.05) is 64.1 Å². The van der Waals surface area contributed by atoms with Gasteiger partial charge in [-0.3, -0.25) is 0 Å². The fraction of sp³-hybridized carbons (Fsp3) is 0.586. The van der Waals surface area contributed by atoms with E-state index in [1.807, 2.05) is 0 Å². The van der Waals surface area contributed by atoms with Crippen LogP contribution >= 0.6 is 0 Å². The molecule has 2 aliphatic heterocycles. The van der Waals surface area contributed by atoms with Crippen molar-refractivity contribution in [1.82, 2.24) is 0 Å². The van der Waals surface area contributed by atoms with Crippen LogP contribution in [-0.2, 0) is 25.2 Å². The number of rotatable bonds is 12. The van der Waals surface area contributed by atoms with Crippen LogP contribution in [0.2, 0.25) is 0 Å². The van der Waals surface area contributed by atoms with Crippen LogP contribution in [0.1, 0.15) is 77.5 Å². The third-order valence-electron chi connectivity index (χ3n) is 7.63. The third-order valence-corrected chi connectivity index (χ3v) is 7.63. The standard InChI is InChI=1S/C29H40O4/c1-7-28(5,17-25-18-30-25)33-24-15-13-22(14-16-24)27(3,4)21-9-11-23(12-10-21)29(6,8-2)32-20-26-19-31-26/h9-16,25-26H,7-8,17-20H2,1-6H3. The maximum absolute atomic E-state index is 6.38. The maximum Gasteiger partial charge on any atom is 0.120 e. The van der Waals surface area contributed by atoms with E-state index in [0.717, 1.165) is 38.2 Å². The summed E-state index contributed by atoms with van der Waals surface area (Å²) < 4.78 is 23.4. The third kappa shape index (κ3) is 5.79. The van der Waals surface area contributed by atoms with Crippen molar-refractivity contribution >= 4 is 0 Å².